The molecule has 0 saturated carbocycles. The minimum Gasteiger partial charge on any atom is -0.384 e. The van der Waals surface area contributed by atoms with Crippen LogP contribution in [0.2, 0.25) is 0 Å². The maximum absolute atomic E-state index is 13.2. The zero-order chi connectivity index (χ0) is 20.8. The van der Waals surface area contributed by atoms with E-state index in [1.54, 1.807) is 48.3 Å². The van der Waals surface area contributed by atoms with Crippen LogP contribution < -0.4 is 16.4 Å². The van der Waals surface area contributed by atoms with Crippen molar-refractivity contribution in [3.05, 3.63) is 77.8 Å². The Bertz CT molecular complexity index is 985. The predicted molar refractivity (Wildman–Crippen MR) is 105 cm³/mol. The number of imidazole rings is 1. The molecule has 1 aromatic carbocycles. The van der Waals surface area contributed by atoms with Gasteiger partial charge >= 0.3 is 0 Å². The monoisotopic (exact) mass is 396 g/mol. The summed E-state index contributed by atoms with van der Waals surface area (Å²) >= 11 is 0. The molecule has 2 heterocycles. The van der Waals surface area contributed by atoms with Gasteiger partial charge in [0.15, 0.2) is 5.82 Å². The van der Waals surface area contributed by atoms with E-state index in [-0.39, 0.29) is 30.5 Å². The Labute approximate surface area is 167 Å². The van der Waals surface area contributed by atoms with Crippen LogP contribution in [0, 0.1) is 5.82 Å². The van der Waals surface area contributed by atoms with Crippen LogP contribution in [0.5, 0.6) is 0 Å². The lowest BCUT2D eigenvalue weighted by Crippen LogP contribution is -2.48. The molecule has 1 atom stereocenters. The van der Waals surface area contributed by atoms with E-state index in [0.717, 1.165) is 5.56 Å². The van der Waals surface area contributed by atoms with Gasteiger partial charge in [-0.05, 0) is 29.3 Å². The molecule has 3 rings (SSSR count). The number of halogens is 1. The number of pyridine rings is 1. The summed E-state index contributed by atoms with van der Waals surface area (Å²) in [6.07, 6.45) is 4.90. The number of aryl methyl sites for hydroxylation is 1. The summed E-state index contributed by atoms with van der Waals surface area (Å²) in [5.74, 6) is -0.661. The molecule has 2 aromatic heterocycles. The molecule has 4 N–H and O–H groups in total. The summed E-state index contributed by atoms with van der Waals surface area (Å²) in [6.45, 7) is 0.226. The highest BCUT2D eigenvalue weighted by Gasteiger charge is 2.23. The number of anilines is 1. The molecule has 3 aromatic rings. The fourth-order valence-corrected chi connectivity index (χ4v) is 2.73. The summed E-state index contributed by atoms with van der Waals surface area (Å²) in [5, 5.41) is 5.48. The molecule has 2 amide bonds. The Kier molecular flexibility index (Phi) is 6.18. The summed E-state index contributed by atoms with van der Waals surface area (Å²) in [5.41, 5.74) is 7.04. The Morgan fingerprint density at radius 2 is 1.86 bits per heavy atom. The van der Waals surface area contributed by atoms with E-state index in [1.807, 2.05) is 0 Å². The quantitative estimate of drug-likeness (QED) is 0.555. The molecule has 9 heteroatoms. The van der Waals surface area contributed by atoms with Gasteiger partial charge in [-0.25, -0.2) is 14.4 Å². The number of hydrogen-bond donors (Lipinski definition) is 3. The molecule has 0 fully saturated rings. The van der Waals surface area contributed by atoms with Crippen LogP contribution in [-0.2, 0) is 24.8 Å². The number of rotatable bonds is 7. The van der Waals surface area contributed by atoms with Gasteiger partial charge in [0.2, 0.25) is 5.91 Å². The second-order valence-corrected chi connectivity index (χ2v) is 6.53. The first-order valence-corrected chi connectivity index (χ1v) is 8.93. The number of nitrogens with one attached hydrogen (secondary N) is 2. The lowest BCUT2D eigenvalue weighted by atomic mass is 10.0. The van der Waals surface area contributed by atoms with Crippen LogP contribution in [0.15, 0.2) is 55.0 Å². The maximum Gasteiger partial charge on any atom is 0.287 e. The molecule has 0 aliphatic carbocycles. The lowest BCUT2D eigenvalue weighted by Gasteiger charge is -2.18. The van der Waals surface area contributed by atoms with Crippen LogP contribution >= 0.6 is 0 Å². The molecule has 0 aliphatic heterocycles. The molecule has 0 unspecified atom stereocenters. The van der Waals surface area contributed by atoms with Gasteiger partial charge in [-0.2, -0.15) is 0 Å². The zero-order valence-electron chi connectivity index (χ0n) is 15.8. The largest absolute Gasteiger partial charge is 0.384 e. The third kappa shape index (κ3) is 5.38. The molecule has 0 saturated heterocycles. The fraction of sp³-hybridized carbons (Fsp3) is 0.200. The number of nitrogens with zero attached hydrogens (tertiary/aromatic N) is 3. The smallest absolute Gasteiger partial charge is 0.287 e. The van der Waals surface area contributed by atoms with E-state index >= 15 is 0 Å². The van der Waals surface area contributed by atoms with Crippen molar-refractivity contribution in [2.45, 2.75) is 19.0 Å². The average Bonchev–Trinajstić information content (AvgIpc) is 3.14. The number of nitrogens with two attached hydrogens (primary N) is 1. The van der Waals surface area contributed by atoms with Crippen LogP contribution in [0.4, 0.5) is 10.2 Å². The van der Waals surface area contributed by atoms with Gasteiger partial charge in [0, 0.05) is 38.6 Å². The maximum atomic E-state index is 13.2. The van der Waals surface area contributed by atoms with Gasteiger partial charge in [-0.1, -0.05) is 18.2 Å². The number of nitrogen functional groups attached to an aromatic ring is 1. The van der Waals surface area contributed by atoms with E-state index < -0.39 is 11.9 Å². The standard InChI is InChI=1S/C20H21FN6O2/c1-27-9-8-23-18(27)20(29)26-16(10-13-2-5-15(21)6-3-13)19(28)25-12-14-4-7-17(22)24-11-14/h2-9,11,16H,10,12H2,1H3,(H2,22,24)(H,25,28)(H,26,29)/t16-/m0/s1. The van der Waals surface area contributed by atoms with Crippen molar-refractivity contribution in [1.82, 2.24) is 25.2 Å². The average molecular weight is 396 g/mol. The van der Waals surface area contributed by atoms with E-state index in [9.17, 15) is 14.0 Å². The van der Waals surface area contributed by atoms with Gasteiger partial charge in [0.05, 0.1) is 0 Å². The molecule has 8 nitrogen and oxygen atoms in total. The fourth-order valence-electron chi connectivity index (χ4n) is 2.73. The van der Waals surface area contributed by atoms with Gasteiger partial charge in [0.25, 0.3) is 5.91 Å². The molecule has 0 aliphatic rings. The first-order valence-electron chi connectivity index (χ1n) is 8.93. The van der Waals surface area contributed by atoms with Crippen LogP contribution in [-0.4, -0.2) is 32.4 Å². The minimum atomic E-state index is -0.869. The number of benzene rings is 1. The number of amides is 2. The Morgan fingerprint density at radius 1 is 1.14 bits per heavy atom. The van der Waals surface area contributed by atoms with Crippen LogP contribution in [0.25, 0.3) is 0 Å². The van der Waals surface area contributed by atoms with Gasteiger partial charge in [0.1, 0.15) is 17.7 Å². The number of carbonyl (C=O) groups is 2. The van der Waals surface area contributed by atoms with Crippen molar-refractivity contribution in [3.8, 4) is 0 Å². The SMILES string of the molecule is Cn1ccnc1C(=O)N[C@@H](Cc1ccc(F)cc1)C(=O)NCc1ccc(N)nc1. The van der Waals surface area contributed by atoms with E-state index in [1.165, 1.54) is 18.3 Å². The van der Waals surface area contributed by atoms with Crippen LogP contribution in [0.3, 0.4) is 0 Å². The number of carbonyl (C=O) groups excluding carboxylic acids is 2. The van der Waals surface area contributed by atoms with Crippen molar-refractivity contribution >= 4 is 17.6 Å². The van der Waals surface area contributed by atoms with Crippen molar-refractivity contribution in [3.63, 3.8) is 0 Å². The Hall–Kier alpha value is -3.75. The van der Waals surface area contributed by atoms with Crippen molar-refractivity contribution in [2.75, 3.05) is 5.73 Å². The highest BCUT2D eigenvalue weighted by atomic mass is 19.1. The van der Waals surface area contributed by atoms with E-state index in [4.69, 9.17) is 5.73 Å². The molecule has 29 heavy (non-hydrogen) atoms. The van der Waals surface area contributed by atoms with Crippen molar-refractivity contribution < 1.29 is 14.0 Å². The first kappa shape index (κ1) is 20.0. The van der Waals surface area contributed by atoms with Gasteiger partial charge < -0.3 is 20.9 Å². The topological polar surface area (TPSA) is 115 Å². The Morgan fingerprint density at radius 3 is 2.48 bits per heavy atom. The first-order chi connectivity index (χ1) is 13.9. The molecule has 150 valence electrons. The number of hydrogen-bond acceptors (Lipinski definition) is 5. The second kappa shape index (κ2) is 8.96. The second-order valence-electron chi connectivity index (χ2n) is 6.53. The van der Waals surface area contributed by atoms with E-state index in [2.05, 4.69) is 20.6 Å². The highest BCUT2D eigenvalue weighted by Crippen LogP contribution is 2.08. The third-order valence-electron chi connectivity index (χ3n) is 4.31. The van der Waals surface area contributed by atoms with Crippen molar-refractivity contribution in [1.29, 1.82) is 0 Å². The van der Waals surface area contributed by atoms with Crippen LogP contribution in [0.1, 0.15) is 21.7 Å². The van der Waals surface area contributed by atoms with Gasteiger partial charge in [-0.15, -0.1) is 0 Å². The third-order valence-corrected chi connectivity index (χ3v) is 4.31. The summed E-state index contributed by atoms with van der Waals surface area (Å²) in [6, 6.07) is 8.30. The summed E-state index contributed by atoms with van der Waals surface area (Å²) in [4.78, 5) is 33.3. The number of aromatic nitrogens is 3. The predicted octanol–water partition coefficient (Wildman–Crippen LogP) is 1.19. The highest BCUT2D eigenvalue weighted by molar-refractivity contribution is 5.95. The molecular weight excluding hydrogens is 375 g/mol. The zero-order valence-corrected chi connectivity index (χ0v) is 15.8. The molecule has 0 bridgehead atoms. The summed E-state index contributed by atoms with van der Waals surface area (Å²) in [7, 11) is 1.69. The molecule has 0 spiro atoms. The normalized spacial score (nSPS) is 11.7. The van der Waals surface area contributed by atoms with Gasteiger partial charge in [-0.3, -0.25) is 9.59 Å². The lowest BCUT2D eigenvalue weighted by molar-refractivity contribution is -0.123. The Balaban J connectivity index is 1.72. The summed E-state index contributed by atoms with van der Waals surface area (Å²) < 4.78 is 14.7. The van der Waals surface area contributed by atoms with Crippen molar-refractivity contribution in [2.24, 2.45) is 7.05 Å². The molecular formula is C20H21FN6O2. The molecule has 0 radical (unpaired) electrons. The minimum absolute atomic E-state index is 0.185. The van der Waals surface area contributed by atoms with E-state index in [0.29, 0.717) is 11.4 Å².